The Hall–Kier alpha value is -1.68. The molecule has 5 heteroatoms. The summed E-state index contributed by atoms with van der Waals surface area (Å²) in [5, 5.41) is 3.86. The Bertz CT molecular complexity index is 551. The zero-order chi connectivity index (χ0) is 11.7. The quantitative estimate of drug-likeness (QED) is 0.754. The lowest BCUT2D eigenvalue weighted by atomic mass is 10.2. The van der Waals surface area contributed by atoms with Gasteiger partial charge < -0.3 is 0 Å². The van der Waals surface area contributed by atoms with Crippen molar-refractivity contribution in [2.45, 2.75) is 6.92 Å². The molecule has 0 aliphatic rings. The lowest BCUT2D eigenvalue weighted by Crippen LogP contribution is -2.01. The lowest BCUT2D eigenvalue weighted by molar-refractivity contribution is 0.112. The molecular formula is C11H8ClFN2O. The molecular weight excluding hydrogens is 231 g/mol. The molecule has 0 unspecified atom stereocenters. The summed E-state index contributed by atoms with van der Waals surface area (Å²) < 4.78 is 14.6. The van der Waals surface area contributed by atoms with Gasteiger partial charge in [0.25, 0.3) is 0 Å². The van der Waals surface area contributed by atoms with Gasteiger partial charge in [-0.05, 0) is 24.6 Å². The van der Waals surface area contributed by atoms with E-state index < -0.39 is 5.82 Å². The first kappa shape index (κ1) is 10.8. The van der Waals surface area contributed by atoms with Crippen molar-refractivity contribution in [3.8, 4) is 5.69 Å². The number of carbonyl (C=O) groups excluding carboxylic acids is 1. The fourth-order valence-electron chi connectivity index (χ4n) is 1.41. The van der Waals surface area contributed by atoms with Gasteiger partial charge in [-0.3, -0.25) is 4.79 Å². The van der Waals surface area contributed by atoms with Crippen LogP contribution in [-0.2, 0) is 0 Å². The van der Waals surface area contributed by atoms with Crippen molar-refractivity contribution in [2.75, 3.05) is 0 Å². The Morgan fingerprint density at radius 2 is 2.25 bits per heavy atom. The summed E-state index contributed by atoms with van der Waals surface area (Å²) in [4.78, 5) is 10.9. The molecule has 0 atom stereocenters. The number of halogens is 2. The van der Waals surface area contributed by atoms with E-state index >= 15 is 0 Å². The van der Waals surface area contributed by atoms with Crippen LogP contribution >= 0.6 is 11.6 Å². The van der Waals surface area contributed by atoms with E-state index in [1.807, 2.05) is 6.92 Å². The molecule has 16 heavy (non-hydrogen) atoms. The highest BCUT2D eigenvalue weighted by atomic mass is 35.5. The molecule has 3 nitrogen and oxygen atoms in total. The zero-order valence-corrected chi connectivity index (χ0v) is 9.20. The molecule has 1 aromatic heterocycles. The van der Waals surface area contributed by atoms with Crippen molar-refractivity contribution in [2.24, 2.45) is 0 Å². The van der Waals surface area contributed by atoms with E-state index in [0.717, 1.165) is 5.56 Å². The van der Waals surface area contributed by atoms with E-state index in [1.165, 1.54) is 16.8 Å². The van der Waals surface area contributed by atoms with Gasteiger partial charge in [-0.1, -0.05) is 11.6 Å². The van der Waals surface area contributed by atoms with Crippen LogP contribution in [-0.4, -0.2) is 16.1 Å². The Kier molecular flexibility index (Phi) is 2.75. The van der Waals surface area contributed by atoms with E-state index in [9.17, 15) is 9.18 Å². The van der Waals surface area contributed by atoms with Gasteiger partial charge in [0.2, 0.25) is 0 Å². The van der Waals surface area contributed by atoms with Gasteiger partial charge in [0.15, 0.2) is 6.29 Å². The molecule has 1 heterocycles. The van der Waals surface area contributed by atoms with Crippen molar-refractivity contribution in [1.82, 2.24) is 9.78 Å². The number of benzene rings is 1. The second kappa shape index (κ2) is 4.06. The number of aromatic nitrogens is 2. The van der Waals surface area contributed by atoms with E-state index in [1.54, 1.807) is 12.4 Å². The predicted octanol–water partition coefficient (Wildman–Crippen LogP) is 2.79. The minimum atomic E-state index is -0.614. The molecule has 1 aromatic carbocycles. The van der Waals surface area contributed by atoms with Gasteiger partial charge in [0, 0.05) is 6.20 Å². The number of rotatable bonds is 2. The standard InChI is InChI=1S/C11H8ClFN2O/c1-7-4-14-15(5-7)10-3-2-9(13)11(12)8(10)6-16/h2-6H,1H3. The van der Waals surface area contributed by atoms with Crippen molar-refractivity contribution in [3.05, 3.63) is 46.5 Å². The van der Waals surface area contributed by atoms with Gasteiger partial charge >= 0.3 is 0 Å². The average molecular weight is 239 g/mol. The van der Waals surface area contributed by atoms with Crippen LogP contribution in [0.4, 0.5) is 4.39 Å². The minimum Gasteiger partial charge on any atom is -0.298 e. The highest BCUT2D eigenvalue weighted by Crippen LogP contribution is 2.24. The fourth-order valence-corrected chi connectivity index (χ4v) is 1.62. The summed E-state index contributed by atoms with van der Waals surface area (Å²) in [7, 11) is 0. The SMILES string of the molecule is Cc1cnn(-c2ccc(F)c(Cl)c2C=O)c1. The van der Waals surface area contributed by atoms with Crippen LogP contribution in [0.15, 0.2) is 24.5 Å². The summed E-state index contributed by atoms with van der Waals surface area (Å²) in [5.74, 6) is -0.614. The van der Waals surface area contributed by atoms with Gasteiger partial charge in [0.1, 0.15) is 5.82 Å². The van der Waals surface area contributed by atoms with Crippen LogP contribution in [0.3, 0.4) is 0 Å². The number of nitrogens with zero attached hydrogens (tertiary/aromatic N) is 2. The van der Waals surface area contributed by atoms with Crippen LogP contribution < -0.4 is 0 Å². The fraction of sp³-hybridized carbons (Fsp3) is 0.0909. The van der Waals surface area contributed by atoms with Crippen LogP contribution in [0.5, 0.6) is 0 Å². The second-order valence-corrected chi connectivity index (χ2v) is 3.75. The molecule has 0 fully saturated rings. The van der Waals surface area contributed by atoms with Crippen LogP contribution in [0.25, 0.3) is 5.69 Å². The molecule has 0 aliphatic carbocycles. The Balaban J connectivity index is 2.65. The Morgan fingerprint density at radius 1 is 1.50 bits per heavy atom. The maximum absolute atomic E-state index is 13.1. The number of aryl methyl sites for hydroxylation is 1. The van der Waals surface area contributed by atoms with E-state index in [4.69, 9.17) is 11.6 Å². The summed E-state index contributed by atoms with van der Waals surface area (Å²) in [6.07, 6.45) is 3.90. The third kappa shape index (κ3) is 1.72. The first-order valence-corrected chi connectivity index (χ1v) is 4.96. The number of hydrogen-bond donors (Lipinski definition) is 0. The van der Waals surface area contributed by atoms with Crippen molar-refractivity contribution < 1.29 is 9.18 Å². The molecule has 0 N–H and O–H groups in total. The van der Waals surface area contributed by atoms with Crippen LogP contribution in [0, 0.1) is 12.7 Å². The molecule has 0 amide bonds. The maximum atomic E-state index is 13.1. The van der Waals surface area contributed by atoms with Crippen molar-refractivity contribution >= 4 is 17.9 Å². The topological polar surface area (TPSA) is 34.9 Å². The van der Waals surface area contributed by atoms with Crippen molar-refractivity contribution in [3.63, 3.8) is 0 Å². The molecule has 0 radical (unpaired) electrons. The van der Waals surface area contributed by atoms with Crippen molar-refractivity contribution in [1.29, 1.82) is 0 Å². The number of aldehydes is 1. The number of carbonyl (C=O) groups is 1. The third-order valence-corrected chi connectivity index (χ3v) is 2.57. The molecule has 0 saturated heterocycles. The highest BCUT2D eigenvalue weighted by molar-refractivity contribution is 6.33. The second-order valence-electron chi connectivity index (χ2n) is 3.37. The molecule has 0 spiro atoms. The van der Waals surface area contributed by atoms with Gasteiger partial charge in [-0.15, -0.1) is 0 Å². The molecule has 2 aromatic rings. The normalized spacial score (nSPS) is 10.4. The average Bonchev–Trinajstić information content (AvgIpc) is 2.68. The summed E-state index contributed by atoms with van der Waals surface area (Å²) in [5.41, 5.74) is 1.51. The zero-order valence-electron chi connectivity index (χ0n) is 8.45. The Morgan fingerprint density at radius 3 is 2.81 bits per heavy atom. The van der Waals surface area contributed by atoms with Gasteiger partial charge in [0.05, 0.1) is 22.5 Å². The van der Waals surface area contributed by atoms with E-state index in [0.29, 0.717) is 12.0 Å². The monoisotopic (exact) mass is 238 g/mol. The molecule has 2 rings (SSSR count). The largest absolute Gasteiger partial charge is 0.298 e. The smallest absolute Gasteiger partial charge is 0.153 e. The Labute approximate surface area is 96.5 Å². The summed E-state index contributed by atoms with van der Waals surface area (Å²) in [6.45, 7) is 1.87. The van der Waals surface area contributed by atoms with Crippen LogP contribution in [0.1, 0.15) is 15.9 Å². The lowest BCUT2D eigenvalue weighted by Gasteiger charge is -2.06. The molecule has 0 saturated carbocycles. The van der Waals surface area contributed by atoms with Gasteiger partial charge in [-0.2, -0.15) is 5.10 Å². The molecule has 82 valence electrons. The first-order chi connectivity index (χ1) is 7.63. The third-order valence-electron chi connectivity index (χ3n) is 2.19. The van der Waals surface area contributed by atoms with E-state index in [2.05, 4.69) is 5.10 Å². The first-order valence-electron chi connectivity index (χ1n) is 4.58. The van der Waals surface area contributed by atoms with Crippen LogP contribution in [0.2, 0.25) is 5.02 Å². The minimum absolute atomic E-state index is 0.102. The predicted molar refractivity (Wildman–Crippen MR) is 58.7 cm³/mol. The summed E-state index contributed by atoms with van der Waals surface area (Å²) >= 11 is 5.71. The van der Waals surface area contributed by atoms with Gasteiger partial charge in [-0.25, -0.2) is 9.07 Å². The molecule has 0 bridgehead atoms. The number of hydrogen-bond acceptors (Lipinski definition) is 2. The highest BCUT2D eigenvalue weighted by Gasteiger charge is 2.12. The van der Waals surface area contributed by atoms with E-state index in [-0.39, 0.29) is 10.6 Å². The molecule has 0 aliphatic heterocycles. The maximum Gasteiger partial charge on any atom is 0.153 e. The summed E-state index contributed by atoms with van der Waals surface area (Å²) in [6, 6.07) is 2.68.